The van der Waals surface area contributed by atoms with Crippen molar-refractivity contribution < 1.29 is 4.79 Å². The van der Waals surface area contributed by atoms with Crippen molar-refractivity contribution in [2.75, 3.05) is 13.1 Å². The standard InChI is InChI=1S/C24H36N4O/c1-9-20(26-14-16(2)3)19-10-13-28(15-19)23(29)21(17(4)5)18(6)22(25-8)27-24(7)11-12-24/h9,14,19,27H,1,8,10-13,15H2,2-7H3/b22-18-,26-20+. The van der Waals surface area contributed by atoms with Gasteiger partial charge in [0.2, 0.25) is 0 Å². The summed E-state index contributed by atoms with van der Waals surface area (Å²) in [5.74, 6) is 0.983. The quantitative estimate of drug-likeness (QED) is 0.364. The number of likely N-dealkylation sites (tertiary alicyclic amines) is 1. The number of rotatable bonds is 8. The highest BCUT2D eigenvalue weighted by Gasteiger charge is 2.38. The lowest BCUT2D eigenvalue weighted by Crippen LogP contribution is -2.33. The van der Waals surface area contributed by atoms with Crippen LogP contribution in [-0.4, -0.2) is 41.9 Å². The molecule has 1 saturated heterocycles. The van der Waals surface area contributed by atoms with E-state index in [2.05, 4.69) is 35.5 Å². The Bertz CT molecular complexity index is 801. The molecule has 2 fully saturated rings. The van der Waals surface area contributed by atoms with Crippen molar-refractivity contribution in [3.8, 4) is 0 Å². The second-order valence-corrected chi connectivity index (χ2v) is 8.89. The highest BCUT2D eigenvalue weighted by atomic mass is 16.2. The molecule has 1 aliphatic carbocycles. The van der Waals surface area contributed by atoms with Crippen LogP contribution in [0.1, 0.15) is 60.8 Å². The van der Waals surface area contributed by atoms with Crippen molar-refractivity contribution in [3.05, 3.63) is 47.0 Å². The van der Waals surface area contributed by atoms with Crippen LogP contribution in [0.3, 0.4) is 0 Å². The number of hydrogen-bond acceptors (Lipinski definition) is 4. The van der Waals surface area contributed by atoms with Crippen LogP contribution in [0, 0.1) is 5.92 Å². The summed E-state index contributed by atoms with van der Waals surface area (Å²) in [6.07, 6.45) is 6.79. The molecular formula is C24H36N4O. The van der Waals surface area contributed by atoms with E-state index in [0.717, 1.165) is 53.8 Å². The highest BCUT2D eigenvalue weighted by molar-refractivity contribution is 6.01. The predicted octanol–water partition coefficient (Wildman–Crippen LogP) is 4.80. The lowest BCUT2D eigenvalue weighted by Gasteiger charge is -2.22. The van der Waals surface area contributed by atoms with E-state index in [4.69, 9.17) is 0 Å². The van der Waals surface area contributed by atoms with Gasteiger partial charge in [-0.3, -0.25) is 9.79 Å². The summed E-state index contributed by atoms with van der Waals surface area (Å²) in [7, 11) is 0. The zero-order valence-corrected chi connectivity index (χ0v) is 18.9. The van der Waals surface area contributed by atoms with E-state index in [9.17, 15) is 4.79 Å². The van der Waals surface area contributed by atoms with E-state index in [1.54, 1.807) is 0 Å². The van der Waals surface area contributed by atoms with Gasteiger partial charge >= 0.3 is 0 Å². The maximum absolute atomic E-state index is 13.4. The molecule has 0 radical (unpaired) electrons. The first-order valence-corrected chi connectivity index (χ1v) is 10.4. The topological polar surface area (TPSA) is 57.1 Å². The SMILES string of the molecule is C=C/C(=N\C=C(C)C)C1CCN(C(=O)C(=C(C)C)/C(C)=C(/N=C)NC2(C)CC2)C1. The first kappa shape index (κ1) is 22.9. The molecule has 29 heavy (non-hydrogen) atoms. The summed E-state index contributed by atoms with van der Waals surface area (Å²) in [5, 5.41) is 3.47. The van der Waals surface area contributed by atoms with Gasteiger partial charge in [0.1, 0.15) is 5.82 Å². The van der Waals surface area contributed by atoms with E-state index in [1.807, 2.05) is 51.8 Å². The van der Waals surface area contributed by atoms with E-state index in [-0.39, 0.29) is 17.4 Å². The average Bonchev–Trinajstić information content (AvgIpc) is 3.18. The first-order valence-electron chi connectivity index (χ1n) is 10.4. The van der Waals surface area contributed by atoms with Gasteiger partial charge in [-0.15, -0.1) is 0 Å². The van der Waals surface area contributed by atoms with Crippen LogP contribution >= 0.6 is 0 Å². The minimum absolute atomic E-state index is 0.0551. The van der Waals surface area contributed by atoms with Crippen molar-refractivity contribution in [2.45, 2.75) is 66.3 Å². The molecule has 0 aromatic rings. The Kier molecular flexibility index (Phi) is 7.39. The minimum atomic E-state index is 0.0551. The number of nitrogens with zero attached hydrogens (tertiary/aromatic N) is 3. The van der Waals surface area contributed by atoms with Crippen molar-refractivity contribution in [1.82, 2.24) is 10.2 Å². The molecule has 0 bridgehead atoms. The molecule has 1 N–H and O–H groups in total. The molecular weight excluding hydrogens is 360 g/mol. The maximum Gasteiger partial charge on any atom is 0.254 e. The molecule has 0 aromatic heterocycles. The molecule has 1 saturated carbocycles. The van der Waals surface area contributed by atoms with Crippen LogP contribution in [0.2, 0.25) is 0 Å². The van der Waals surface area contributed by atoms with Gasteiger partial charge in [-0.05, 0) is 73.6 Å². The second kappa shape index (κ2) is 9.38. The van der Waals surface area contributed by atoms with E-state index in [0.29, 0.717) is 12.4 Å². The van der Waals surface area contributed by atoms with Crippen LogP contribution in [0.15, 0.2) is 57.0 Å². The smallest absolute Gasteiger partial charge is 0.254 e. The fraction of sp³-hybridized carbons (Fsp3) is 0.542. The van der Waals surface area contributed by atoms with Crippen LogP contribution < -0.4 is 5.32 Å². The third kappa shape index (κ3) is 5.78. The van der Waals surface area contributed by atoms with Crippen molar-refractivity contribution >= 4 is 18.3 Å². The molecule has 1 heterocycles. The van der Waals surface area contributed by atoms with Crippen molar-refractivity contribution in [3.63, 3.8) is 0 Å². The van der Waals surface area contributed by atoms with Gasteiger partial charge in [0, 0.05) is 47.6 Å². The first-order chi connectivity index (χ1) is 13.6. The summed E-state index contributed by atoms with van der Waals surface area (Å²) in [6, 6.07) is 0. The average molecular weight is 397 g/mol. The van der Waals surface area contributed by atoms with Gasteiger partial charge in [-0.1, -0.05) is 17.7 Å². The van der Waals surface area contributed by atoms with Crippen LogP contribution in [0.5, 0.6) is 0 Å². The lowest BCUT2D eigenvalue weighted by molar-refractivity contribution is -0.126. The number of amides is 1. The number of aliphatic imine (C=N–C) groups is 2. The molecule has 1 atom stereocenters. The van der Waals surface area contributed by atoms with Gasteiger partial charge in [0.15, 0.2) is 0 Å². The molecule has 0 spiro atoms. The predicted molar refractivity (Wildman–Crippen MR) is 123 cm³/mol. The molecule has 2 aliphatic rings. The molecule has 158 valence electrons. The van der Waals surface area contributed by atoms with Crippen molar-refractivity contribution in [2.24, 2.45) is 15.9 Å². The molecule has 1 aliphatic heterocycles. The Morgan fingerprint density at radius 1 is 1.21 bits per heavy atom. The minimum Gasteiger partial charge on any atom is -0.365 e. The van der Waals surface area contributed by atoms with Gasteiger partial charge in [-0.25, -0.2) is 4.99 Å². The summed E-state index contributed by atoms with van der Waals surface area (Å²) >= 11 is 0. The van der Waals surface area contributed by atoms with Gasteiger partial charge in [0.25, 0.3) is 5.91 Å². The number of carbonyl (C=O) groups is 1. The maximum atomic E-state index is 13.4. The Morgan fingerprint density at radius 2 is 1.86 bits per heavy atom. The zero-order chi connectivity index (χ0) is 21.8. The number of hydrogen-bond donors (Lipinski definition) is 1. The summed E-state index contributed by atoms with van der Waals surface area (Å²) in [5.41, 5.74) is 4.75. The number of carbonyl (C=O) groups excluding carboxylic acids is 1. The van der Waals surface area contributed by atoms with Gasteiger partial charge in [0.05, 0.1) is 0 Å². The Morgan fingerprint density at radius 3 is 2.34 bits per heavy atom. The highest BCUT2D eigenvalue weighted by Crippen LogP contribution is 2.36. The largest absolute Gasteiger partial charge is 0.365 e. The van der Waals surface area contributed by atoms with E-state index in [1.165, 1.54) is 0 Å². The molecule has 5 nitrogen and oxygen atoms in total. The molecule has 2 rings (SSSR count). The summed E-state index contributed by atoms with van der Waals surface area (Å²) in [6.45, 7) is 21.1. The summed E-state index contributed by atoms with van der Waals surface area (Å²) in [4.78, 5) is 24.1. The Balaban J connectivity index is 2.23. The Labute approximate surface area is 176 Å². The monoisotopic (exact) mass is 396 g/mol. The third-order valence-electron chi connectivity index (χ3n) is 5.60. The van der Waals surface area contributed by atoms with Crippen LogP contribution in [0.4, 0.5) is 0 Å². The van der Waals surface area contributed by atoms with E-state index < -0.39 is 0 Å². The molecule has 1 unspecified atom stereocenters. The number of allylic oxidation sites excluding steroid dienone is 3. The number of nitrogens with one attached hydrogen (secondary N) is 1. The van der Waals surface area contributed by atoms with Gasteiger partial charge < -0.3 is 10.2 Å². The lowest BCUT2D eigenvalue weighted by atomic mass is 10.0. The molecule has 0 aromatic carbocycles. The fourth-order valence-electron chi connectivity index (χ4n) is 3.59. The van der Waals surface area contributed by atoms with Crippen LogP contribution in [-0.2, 0) is 4.79 Å². The zero-order valence-electron chi connectivity index (χ0n) is 18.9. The molecule has 1 amide bonds. The van der Waals surface area contributed by atoms with Crippen molar-refractivity contribution in [1.29, 1.82) is 0 Å². The fourth-order valence-corrected chi connectivity index (χ4v) is 3.59. The normalized spacial score (nSPS) is 21.1. The Hall–Kier alpha value is -2.43. The van der Waals surface area contributed by atoms with Crippen LogP contribution in [0.25, 0.3) is 0 Å². The summed E-state index contributed by atoms with van der Waals surface area (Å²) < 4.78 is 0. The van der Waals surface area contributed by atoms with Gasteiger partial charge in [-0.2, -0.15) is 0 Å². The molecule has 5 heteroatoms. The van der Waals surface area contributed by atoms with E-state index >= 15 is 0 Å². The second-order valence-electron chi connectivity index (χ2n) is 8.89. The third-order valence-corrected chi connectivity index (χ3v) is 5.60.